The number of aliphatic hydroxyl groups excluding tert-OH is 1. The zero-order valence-corrected chi connectivity index (χ0v) is 15.3. The van der Waals surface area contributed by atoms with Crippen LogP contribution in [-0.4, -0.2) is 39.0 Å². The number of likely N-dealkylation sites (tertiary alicyclic amines) is 1. The van der Waals surface area contributed by atoms with E-state index in [0.29, 0.717) is 23.0 Å². The fourth-order valence-electron chi connectivity index (χ4n) is 3.56. The molecule has 1 aromatic carbocycles. The van der Waals surface area contributed by atoms with Gasteiger partial charge in [-0.25, -0.2) is 4.98 Å². The van der Waals surface area contributed by atoms with Gasteiger partial charge in [0.05, 0.1) is 13.0 Å². The van der Waals surface area contributed by atoms with Gasteiger partial charge in [0.2, 0.25) is 5.91 Å². The Labute approximate surface area is 152 Å². The Kier molecular flexibility index (Phi) is 5.52. The molecule has 6 nitrogen and oxygen atoms in total. The number of nitrogens with one attached hydrogen (secondary N) is 1. The molecule has 2 heterocycles. The van der Waals surface area contributed by atoms with E-state index in [-0.39, 0.29) is 24.5 Å². The largest absolute Gasteiger partial charge is 0.392 e. The number of hydrogen-bond donors (Lipinski definition) is 2. The maximum Gasteiger partial charge on any atom is 0.254 e. The summed E-state index contributed by atoms with van der Waals surface area (Å²) in [6.07, 6.45) is 1.99. The predicted molar refractivity (Wildman–Crippen MR) is 98.8 cm³/mol. The first-order chi connectivity index (χ1) is 12.5. The Bertz CT molecular complexity index is 842. The second-order valence-corrected chi connectivity index (χ2v) is 7.07. The van der Waals surface area contributed by atoms with Gasteiger partial charge in [-0.2, -0.15) is 0 Å². The number of amides is 1. The summed E-state index contributed by atoms with van der Waals surface area (Å²) in [5.74, 6) is 0.981. The van der Waals surface area contributed by atoms with E-state index >= 15 is 0 Å². The highest BCUT2D eigenvalue weighted by Gasteiger charge is 2.27. The van der Waals surface area contributed by atoms with Crippen molar-refractivity contribution in [3.63, 3.8) is 0 Å². The van der Waals surface area contributed by atoms with Crippen molar-refractivity contribution >= 4 is 5.91 Å². The number of nitrogens with zero attached hydrogens (tertiary/aromatic N) is 2. The Morgan fingerprint density at radius 2 is 1.96 bits per heavy atom. The zero-order chi connectivity index (χ0) is 18.7. The molecule has 0 aliphatic carbocycles. The van der Waals surface area contributed by atoms with Crippen LogP contribution in [0.5, 0.6) is 0 Å². The third-order valence-corrected chi connectivity index (χ3v) is 5.04. The van der Waals surface area contributed by atoms with Crippen molar-refractivity contribution in [2.24, 2.45) is 5.92 Å². The van der Waals surface area contributed by atoms with Gasteiger partial charge in [-0.1, -0.05) is 24.3 Å². The maximum atomic E-state index is 12.6. The molecule has 1 aromatic heterocycles. The van der Waals surface area contributed by atoms with E-state index in [2.05, 4.69) is 9.97 Å². The van der Waals surface area contributed by atoms with Gasteiger partial charge in [0.1, 0.15) is 5.82 Å². The smallest absolute Gasteiger partial charge is 0.254 e. The fourth-order valence-corrected chi connectivity index (χ4v) is 3.56. The van der Waals surface area contributed by atoms with Crippen molar-refractivity contribution in [3.8, 4) is 0 Å². The monoisotopic (exact) mass is 355 g/mol. The molecule has 2 N–H and O–H groups in total. The Morgan fingerprint density at radius 3 is 2.62 bits per heavy atom. The van der Waals surface area contributed by atoms with E-state index in [0.717, 1.165) is 31.5 Å². The lowest BCUT2D eigenvalue weighted by Gasteiger charge is -2.17. The minimum Gasteiger partial charge on any atom is -0.392 e. The number of carbonyl (C=O) groups excluding carboxylic acids is 1. The molecule has 0 bridgehead atoms. The standard InChI is InChI=1S/C20H25N3O3/c1-13-18(20(26)22-14(2)21-13)10-19(25)23-8-7-17(11-23)9-15-3-5-16(12-24)6-4-15/h3-6,17,24H,7-12H2,1-2H3,(H,21,22,26)/t17-/m1/s1. The molecule has 0 saturated carbocycles. The second kappa shape index (κ2) is 7.83. The topological polar surface area (TPSA) is 86.3 Å². The van der Waals surface area contributed by atoms with Gasteiger partial charge in [0.25, 0.3) is 5.56 Å². The van der Waals surface area contributed by atoms with Crippen LogP contribution in [0.25, 0.3) is 0 Å². The Balaban J connectivity index is 1.59. The van der Waals surface area contributed by atoms with Gasteiger partial charge in [-0.05, 0) is 43.7 Å². The Hall–Kier alpha value is -2.47. The van der Waals surface area contributed by atoms with E-state index in [1.54, 1.807) is 13.8 Å². The highest BCUT2D eigenvalue weighted by molar-refractivity contribution is 5.79. The van der Waals surface area contributed by atoms with Crippen molar-refractivity contribution in [2.75, 3.05) is 13.1 Å². The molecule has 138 valence electrons. The number of H-pyrrole nitrogens is 1. The van der Waals surface area contributed by atoms with Crippen LogP contribution >= 0.6 is 0 Å². The molecule has 1 amide bonds. The van der Waals surface area contributed by atoms with Crippen molar-refractivity contribution in [1.82, 2.24) is 14.9 Å². The number of aromatic amines is 1. The molecule has 0 radical (unpaired) electrons. The normalized spacial score (nSPS) is 16.9. The predicted octanol–water partition coefficient (Wildman–Crippen LogP) is 1.51. The van der Waals surface area contributed by atoms with E-state index in [4.69, 9.17) is 5.11 Å². The number of carbonyl (C=O) groups is 1. The van der Waals surface area contributed by atoms with Crippen molar-refractivity contribution < 1.29 is 9.90 Å². The first kappa shape index (κ1) is 18.3. The minimum atomic E-state index is -0.219. The number of rotatable bonds is 5. The minimum absolute atomic E-state index is 0.0117. The van der Waals surface area contributed by atoms with Crippen molar-refractivity contribution in [3.05, 3.63) is 62.8 Å². The zero-order valence-electron chi connectivity index (χ0n) is 15.3. The number of aromatic nitrogens is 2. The van der Waals surface area contributed by atoms with E-state index in [1.165, 1.54) is 5.56 Å². The summed E-state index contributed by atoms with van der Waals surface area (Å²) in [4.78, 5) is 33.5. The highest BCUT2D eigenvalue weighted by Crippen LogP contribution is 2.22. The summed E-state index contributed by atoms with van der Waals surface area (Å²) in [6, 6.07) is 7.95. The van der Waals surface area contributed by atoms with Crippen LogP contribution in [-0.2, 0) is 24.2 Å². The summed E-state index contributed by atoms with van der Waals surface area (Å²) in [5, 5.41) is 9.11. The third kappa shape index (κ3) is 4.19. The van der Waals surface area contributed by atoms with Crippen molar-refractivity contribution in [2.45, 2.75) is 39.7 Å². The van der Waals surface area contributed by atoms with Gasteiger partial charge >= 0.3 is 0 Å². The van der Waals surface area contributed by atoms with Gasteiger partial charge in [-0.15, -0.1) is 0 Å². The third-order valence-electron chi connectivity index (χ3n) is 5.04. The van der Waals surface area contributed by atoms with Gasteiger partial charge < -0.3 is 15.0 Å². The number of aryl methyl sites for hydroxylation is 2. The molecule has 3 rings (SSSR count). The molecule has 26 heavy (non-hydrogen) atoms. The average molecular weight is 355 g/mol. The molecule has 1 saturated heterocycles. The maximum absolute atomic E-state index is 12.6. The first-order valence-electron chi connectivity index (χ1n) is 8.99. The molecule has 1 fully saturated rings. The summed E-state index contributed by atoms with van der Waals surface area (Å²) in [7, 11) is 0. The average Bonchev–Trinajstić information content (AvgIpc) is 3.07. The summed E-state index contributed by atoms with van der Waals surface area (Å²) < 4.78 is 0. The van der Waals surface area contributed by atoms with Gasteiger partial charge in [0.15, 0.2) is 0 Å². The van der Waals surface area contributed by atoms with Crippen LogP contribution in [0.3, 0.4) is 0 Å². The lowest BCUT2D eigenvalue weighted by atomic mass is 9.98. The SMILES string of the molecule is Cc1nc(C)c(CC(=O)N2CC[C@H](Cc3ccc(CO)cc3)C2)c(=O)[nH]1. The molecule has 2 aromatic rings. The summed E-state index contributed by atoms with van der Waals surface area (Å²) in [6.45, 7) is 5.01. The van der Waals surface area contributed by atoms with Crippen LogP contribution in [0.1, 0.15) is 34.6 Å². The Morgan fingerprint density at radius 1 is 1.27 bits per heavy atom. The molecule has 6 heteroatoms. The van der Waals surface area contributed by atoms with E-state index in [9.17, 15) is 9.59 Å². The molecule has 0 spiro atoms. The van der Waals surface area contributed by atoms with Gasteiger partial charge in [-0.3, -0.25) is 9.59 Å². The van der Waals surface area contributed by atoms with Crippen LogP contribution < -0.4 is 5.56 Å². The molecular formula is C20H25N3O3. The lowest BCUT2D eigenvalue weighted by Crippen LogP contribution is -2.32. The number of benzene rings is 1. The van der Waals surface area contributed by atoms with Crippen LogP contribution in [0.4, 0.5) is 0 Å². The quantitative estimate of drug-likeness (QED) is 0.851. The van der Waals surface area contributed by atoms with Crippen LogP contribution in [0.15, 0.2) is 29.1 Å². The fraction of sp³-hybridized carbons (Fsp3) is 0.450. The first-order valence-corrected chi connectivity index (χ1v) is 8.99. The van der Waals surface area contributed by atoms with Gasteiger partial charge in [0, 0.05) is 24.3 Å². The van der Waals surface area contributed by atoms with Crippen LogP contribution in [0.2, 0.25) is 0 Å². The van der Waals surface area contributed by atoms with Crippen molar-refractivity contribution in [1.29, 1.82) is 0 Å². The number of hydrogen-bond acceptors (Lipinski definition) is 4. The molecular weight excluding hydrogens is 330 g/mol. The number of aliphatic hydroxyl groups is 1. The summed E-state index contributed by atoms with van der Waals surface area (Å²) >= 11 is 0. The summed E-state index contributed by atoms with van der Waals surface area (Å²) in [5.41, 5.74) is 2.99. The second-order valence-electron chi connectivity index (χ2n) is 7.07. The molecule has 1 aliphatic heterocycles. The lowest BCUT2D eigenvalue weighted by molar-refractivity contribution is -0.129. The highest BCUT2D eigenvalue weighted by atomic mass is 16.3. The molecule has 1 atom stereocenters. The molecule has 0 unspecified atom stereocenters. The van der Waals surface area contributed by atoms with Crippen LogP contribution in [0, 0.1) is 19.8 Å². The molecule has 1 aliphatic rings. The van der Waals surface area contributed by atoms with E-state index < -0.39 is 0 Å². The van der Waals surface area contributed by atoms with E-state index in [1.807, 2.05) is 29.2 Å².